The zero-order valence-electron chi connectivity index (χ0n) is 5.27. The molecule has 0 saturated carbocycles. The molecule has 2 aromatic heterocycles. The molecule has 0 atom stereocenters. The molecule has 0 amide bonds. The van der Waals surface area contributed by atoms with Crippen LogP contribution in [0.25, 0.3) is 10.7 Å². The van der Waals surface area contributed by atoms with Gasteiger partial charge in [-0.3, -0.25) is 4.79 Å². The van der Waals surface area contributed by atoms with Gasteiger partial charge in [-0.15, -0.1) is 11.3 Å². The van der Waals surface area contributed by atoms with Crippen LogP contribution in [0.3, 0.4) is 0 Å². The van der Waals surface area contributed by atoms with Crippen molar-refractivity contribution in [2.24, 2.45) is 0 Å². The van der Waals surface area contributed by atoms with Crippen molar-refractivity contribution in [2.75, 3.05) is 0 Å². The smallest absolute Gasteiger partial charge is 0.255 e. The molecule has 0 saturated heterocycles. The van der Waals surface area contributed by atoms with Crippen molar-refractivity contribution in [1.82, 2.24) is 15.2 Å². The third-order valence-corrected chi connectivity index (χ3v) is 2.45. The van der Waals surface area contributed by atoms with E-state index < -0.39 is 0 Å². The zero-order chi connectivity index (χ0) is 7.68. The first kappa shape index (κ1) is 6.68. The van der Waals surface area contributed by atoms with Gasteiger partial charge in [-0.1, -0.05) is 11.3 Å². The zero-order valence-corrected chi connectivity index (χ0v) is 6.91. The number of hydrogen-bond donors (Lipinski definition) is 1. The van der Waals surface area contributed by atoms with E-state index in [1.54, 1.807) is 5.51 Å². The molecule has 0 bridgehead atoms. The topological polar surface area (TPSA) is 58.6 Å². The Morgan fingerprint density at radius 1 is 1.55 bits per heavy atom. The van der Waals surface area contributed by atoms with E-state index in [2.05, 4.69) is 15.2 Å². The van der Waals surface area contributed by atoms with E-state index in [9.17, 15) is 4.79 Å². The molecule has 0 aromatic carbocycles. The fourth-order valence-electron chi connectivity index (χ4n) is 0.658. The third-order valence-electron chi connectivity index (χ3n) is 1.09. The summed E-state index contributed by atoms with van der Waals surface area (Å²) < 4.78 is 0. The molecule has 0 unspecified atom stereocenters. The summed E-state index contributed by atoms with van der Waals surface area (Å²) in [6.07, 6.45) is 0. The van der Waals surface area contributed by atoms with Crippen LogP contribution < -0.4 is 4.87 Å². The first-order valence-electron chi connectivity index (χ1n) is 2.80. The van der Waals surface area contributed by atoms with E-state index in [0.29, 0.717) is 5.01 Å². The van der Waals surface area contributed by atoms with Crippen LogP contribution >= 0.6 is 22.7 Å². The summed E-state index contributed by atoms with van der Waals surface area (Å²) in [6.45, 7) is 0. The van der Waals surface area contributed by atoms with Gasteiger partial charge in [0, 0.05) is 5.38 Å². The van der Waals surface area contributed by atoms with Gasteiger partial charge in [0.2, 0.25) is 0 Å². The number of aromatic nitrogens is 3. The number of thiazole rings is 1. The highest BCUT2D eigenvalue weighted by Crippen LogP contribution is 2.17. The van der Waals surface area contributed by atoms with Crippen LogP contribution in [0.15, 0.2) is 15.7 Å². The van der Waals surface area contributed by atoms with Gasteiger partial charge >= 0.3 is 4.87 Å². The normalized spacial score (nSPS) is 10.2. The largest absolute Gasteiger partial charge is 0.322 e. The fraction of sp³-hybridized carbons (Fsp3) is 0. The highest BCUT2D eigenvalue weighted by molar-refractivity contribution is 7.13. The Labute approximate surface area is 69.6 Å². The number of nitrogens with zero attached hydrogens (tertiary/aromatic N) is 2. The van der Waals surface area contributed by atoms with Gasteiger partial charge in [-0.25, -0.2) is 10.1 Å². The summed E-state index contributed by atoms with van der Waals surface area (Å²) in [5, 5.41) is 8.62. The van der Waals surface area contributed by atoms with E-state index in [4.69, 9.17) is 0 Å². The van der Waals surface area contributed by atoms with Crippen molar-refractivity contribution in [2.45, 2.75) is 0 Å². The van der Waals surface area contributed by atoms with Crippen LogP contribution in [0.1, 0.15) is 0 Å². The molecule has 4 nitrogen and oxygen atoms in total. The quantitative estimate of drug-likeness (QED) is 0.719. The van der Waals surface area contributed by atoms with Crippen molar-refractivity contribution >= 4 is 22.7 Å². The maximum atomic E-state index is 10.7. The number of nitrogens with one attached hydrogen (secondary N) is 1. The monoisotopic (exact) mass is 185 g/mol. The van der Waals surface area contributed by atoms with Crippen molar-refractivity contribution in [1.29, 1.82) is 0 Å². The predicted octanol–water partition coefficient (Wildman–Crippen LogP) is 0.955. The first-order chi connectivity index (χ1) is 5.36. The van der Waals surface area contributed by atoms with Gasteiger partial charge in [0.25, 0.3) is 0 Å². The minimum absolute atomic E-state index is 0.145. The lowest BCUT2D eigenvalue weighted by Crippen LogP contribution is -1.90. The molecule has 0 aliphatic heterocycles. The van der Waals surface area contributed by atoms with Crippen molar-refractivity contribution in [3.05, 3.63) is 20.6 Å². The molecule has 0 spiro atoms. The third kappa shape index (κ3) is 1.22. The Bertz CT molecular complexity index is 388. The maximum Gasteiger partial charge on any atom is 0.322 e. The van der Waals surface area contributed by atoms with Crippen molar-refractivity contribution in [3.8, 4) is 10.7 Å². The van der Waals surface area contributed by atoms with Crippen LogP contribution in [0.5, 0.6) is 0 Å². The Morgan fingerprint density at radius 2 is 2.45 bits per heavy atom. The van der Waals surface area contributed by atoms with E-state index in [-0.39, 0.29) is 4.87 Å². The molecule has 0 aliphatic rings. The lowest BCUT2D eigenvalue weighted by atomic mass is 10.5. The van der Waals surface area contributed by atoms with Gasteiger partial charge in [0.05, 0.1) is 5.51 Å². The lowest BCUT2D eigenvalue weighted by Gasteiger charge is -1.80. The summed E-state index contributed by atoms with van der Waals surface area (Å²) in [5.74, 6) is 0. The Kier molecular flexibility index (Phi) is 1.55. The molecule has 0 fully saturated rings. The predicted molar refractivity (Wildman–Crippen MR) is 43.8 cm³/mol. The number of hydrogen-bond acceptors (Lipinski definition) is 5. The molecule has 0 radical (unpaired) electrons. The minimum Gasteiger partial charge on any atom is -0.255 e. The molecule has 2 aromatic rings. The average molecular weight is 185 g/mol. The second-order valence-electron chi connectivity index (χ2n) is 1.79. The molecule has 2 heterocycles. The molecule has 56 valence electrons. The van der Waals surface area contributed by atoms with E-state index in [1.807, 2.05) is 5.38 Å². The summed E-state index contributed by atoms with van der Waals surface area (Å²) in [4.78, 5) is 14.5. The van der Waals surface area contributed by atoms with Crippen molar-refractivity contribution < 1.29 is 0 Å². The maximum absolute atomic E-state index is 10.7. The Morgan fingerprint density at radius 3 is 3.00 bits per heavy atom. The van der Waals surface area contributed by atoms with Crippen LogP contribution in [0.4, 0.5) is 0 Å². The van der Waals surface area contributed by atoms with Crippen LogP contribution in [-0.4, -0.2) is 15.2 Å². The van der Waals surface area contributed by atoms with Gasteiger partial charge < -0.3 is 0 Å². The number of rotatable bonds is 1. The Hall–Kier alpha value is -1.01. The average Bonchev–Trinajstić information content (AvgIpc) is 2.55. The molecule has 0 aliphatic carbocycles. The van der Waals surface area contributed by atoms with E-state index in [1.165, 1.54) is 11.3 Å². The minimum atomic E-state index is -0.145. The van der Waals surface area contributed by atoms with Gasteiger partial charge in [0.1, 0.15) is 5.69 Å². The standard InChI is InChI=1S/C5H3N3OS2/c9-5-8-7-4(11-5)3-1-10-2-6-3/h1-2H,(H,8,9). The van der Waals surface area contributed by atoms with Crippen molar-refractivity contribution in [3.63, 3.8) is 0 Å². The summed E-state index contributed by atoms with van der Waals surface area (Å²) in [6, 6.07) is 0. The van der Waals surface area contributed by atoms with Crippen LogP contribution in [0, 0.1) is 0 Å². The van der Waals surface area contributed by atoms with E-state index >= 15 is 0 Å². The lowest BCUT2D eigenvalue weighted by molar-refractivity contribution is 1.06. The molecule has 6 heteroatoms. The number of H-pyrrole nitrogens is 1. The first-order valence-corrected chi connectivity index (χ1v) is 4.56. The Balaban J connectivity index is 2.53. The van der Waals surface area contributed by atoms with E-state index in [0.717, 1.165) is 17.0 Å². The molecular formula is C5H3N3OS2. The van der Waals surface area contributed by atoms with Gasteiger partial charge in [0.15, 0.2) is 5.01 Å². The highest BCUT2D eigenvalue weighted by atomic mass is 32.1. The SMILES string of the molecule is O=c1[nH]nc(-c2cscn2)s1. The summed E-state index contributed by atoms with van der Waals surface area (Å²) in [7, 11) is 0. The summed E-state index contributed by atoms with van der Waals surface area (Å²) >= 11 is 2.55. The molecule has 11 heavy (non-hydrogen) atoms. The highest BCUT2D eigenvalue weighted by Gasteiger charge is 2.03. The molecule has 2 rings (SSSR count). The van der Waals surface area contributed by atoms with Gasteiger partial charge in [-0.2, -0.15) is 5.10 Å². The number of aromatic amines is 1. The summed E-state index contributed by atoms with van der Waals surface area (Å²) in [5.41, 5.74) is 2.47. The van der Waals surface area contributed by atoms with Gasteiger partial charge in [-0.05, 0) is 0 Å². The molecule has 1 N–H and O–H groups in total. The second kappa shape index (κ2) is 2.55. The van der Waals surface area contributed by atoms with Crippen LogP contribution in [-0.2, 0) is 0 Å². The fourth-order valence-corrected chi connectivity index (χ4v) is 1.84. The van der Waals surface area contributed by atoms with Crippen LogP contribution in [0.2, 0.25) is 0 Å². The second-order valence-corrected chi connectivity index (χ2v) is 3.47. The molecular weight excluding hydrogens is 182 g/mol.